The molecule has 1 aromatic carbocycles. The quantitative estimate of drug-likeness (QED) is 0.418. The number of anilines is 1. The van der Waals surface area contributed by atoms with Gasteiger partial charge in [0.2, 0.25) is 0 Å². The summed E-state index contributed by atoms with van der Waals surface area (Å²) in [4.78, 5) is 14.5. The van der Waals surface area contributed by atoms with E-state index in [1.54, 1.807) is 0 Å². The van der Waals surface area contributed by atoms with Crippen LogP contribution >= 0.6 is 0 Å². The van der Waals surface area contributed by atoms with Crippen LogP contribution in [0.2, 0.25) is 0 Å². The number of aryl methyl sites for hydroxylation is 1. The Morgan fingerprint density at radius 1 is 1.17 bits per heavy atom. The zero-order valence-electron chi connectivity index (χ0n) is 24.2. The maximum Gasteiger partial charge on any atom is 0.417 e. The Bertz CT molecular complexity index is 1470. The van der Waals surface area contributed by atoms with E-state index >= 15 is 0 Å². The highest BCUT2D eigenvalue weighted by molar-refractivity contribution is 5.85. The topological polar surface area (TPSA) is 91.4 Å². The number of H-pyrrole nitrogens is 1. The Hall–Kier alpha value is -2.96. The van der Waals surface area contributed by atoms with E-state index in [2.05, 4.69) is 32.2 Å². The van der Waals surface area contributed by atoms with Gasteiger partial charge in [-0.1, -0.05) is 0 Å². The predicted octanol–water partition coefficient (Wildman–Crippen LogP) is 4.55. The van der Waals surface area contributed by atoms with Gasteiger partial charge in [-0.05, 0) is 64.3 Å². The van der Waals surface area contributed by atoms with Gasteiger partial charge in [-0.2, -0.15) is 28.2 Å². The van der Waals surface area contributed by atoms with Gasteiger partial charge < -0.3 is 24.6 Å². The van der Waals surface area contributed by atoms with Crippen molar-refractivity contribution in [2.24, 2.45) is 5.41 Å². The van der Waals surface area contributed by atoms with Crippen LogP contribution in [0, 0.1) is 12.3 Å². The van der Waals surface area contributed by atoms with Gasteiger partial charge in [0, 0.05) is 60.6 Å². The number of likely N-dealkylation sites (tertiary alicyclic amines) is 1. The van der Waals surface area contributed by atoms with Gasteiger partial charge in [-0.15, -0.1) is 0 Å². The van der Waals surface area contributed by atoms with E-state index in [9.17, 15) is 13.2 Å². The average Bonchev–Trinajstić information content (AvgIpc) is 3.28. The number of fused-ring (bicyclic) bond motifs is 2. The van der Waals surface area contributed by atoms with Crippen molar-refractivity contribution >= 4 is 16.7 Å². The molecule has 2 N–H and O–H groups in total. The monoisotopic (exact) mass is 585 g/mol. The summed E-state index contributed by atoms with van der Waals surface area (Å²) in [7, 11) is 0. The molecular weight excluding hydrogens is 547 g/mol. The van der Waals surface area contributed by atoms with Crippen LogP contribution in [0.15, 0.2) is 12.3 Å². The molecular formula is C30H38F3N7O2. The molecule has 0 spiro atoms. The first-order valence-electron chi connectivity index (χ1n) is 15.1. The summed E-state index contributed by atoms with van der Waals surface area (Å²) < 4.78 is 55.8. The second-order valence-electron chi connectivity index (χ2n) is 12.6. The smallest absolute Gasteiger partial charge is 0.417 e. The maximum absolute atomic E-state index is 14.4. The summed E-state index contributed by atoms with van der Waals surface area (Å²) in [6.07, 6.45) is 1.03. The molecule has 7 rings (SSSR count). The highest BCUT2D eigenvalue weighted by atomic mass is 19.4. The number of aromatic nitrogens is 4. The minimum Gasteiger partial charge on any atom is -0.463 e. The molecule has 0 bridgehead atoms. The molecule has 9 nitrogen and oxygen atoms in total. The molecule has 3 aliphatic heterocycles. The average molecular weight is 586 g/mol. The van der Waals surface area contributed by atoms with Crippen LogP contribution in [0.4, 0.5) is 19.0 Å². The van der Waals surface area contributed by atoms with Gasteiger partial charge >= 0.3 is 12.2 Å². The van der Waals surface area contributed by atoms with Crippen molar-refractivity contribution in [2.75, 3.05) is 50.8 Å². The van der Waals surface area contributed by atoms with E-state index in [1.165, 1.54) is 32.0 Å². The van der Waals surface area contributed by atoms with Gasteiger partial charge in [-0.25, -0.2) is 0 Å². The fourth-order valence-corrected chi connectivity index (χ4v) is 6.99. The van der Waals surface area contributed by atoms with Crippen molar-refractivity contribution in [2.45, 2.75) is 70.9 Å². The summed E-state index contributed by atoms with van der Waals surface area (Å²) in [5.41, 5.74) is 1.79. The molecule has 5 heterocycles. The zero-order chi connectivity index (χ0) is 29.1. The van der Waals surface area contributed by atoms with Crippen LogP contribution < -0.4 is 15.0 Å². The molecule has 2 aromatic heterocycles. The van der Waals surface area contributed by atoms with Gasteiger partial charge in [-0.3, -0.25) is 5.10 Å². The third-order valence-electron chi connectivity index (χ3n) is 9.34. The zero-order valence-corrected chi connectivity index (χ0v) is 24.2. The lowest BCUT2D eigenvalue weighted by molar-refractivity contribution is -0.140. The van der Waals surface area contributed by atoms with Crippen LogP contribution in [0.25, 0.3) is 10.9 Å². The molecule has 42 heavy (non-hydrogen) atoms. The Balaban J connectivity index is 1.23. The first-order chi connectivity index (χ1) is 20.2. The minimum atomic E-state index is -4.54. The van der Waals surface area contributed by atoms with E-state index in [0.29, 0.717) is 29.2 Å². The third-order valence-corrected chi connectivity index (χ3v) is 9.34. The standard InChI is InChI=1S/C30H38F3N7O2/c1-18-11-23-20(13-35-38-23)25(26(18)30(31,32)33)24-12-22-21(15-41-24)27(40-10-7-34-19(2)14-40)37-28(36-22)42-17-29(5-6-29)16-39-8-3-4-9-39/h11,13,19,24,34H,3-10,12,14-17H2,1-2H3,(H,35,38). The highest BCUT2D eigenvalue weighted by Gasteiger charge is 2.46. The van der Waals surface area contributed by atoms with Gasteiger partial charge in [0.25, 0.3) is 0 Å². The van der Waals surface area contributed by atoms with Gasteiger partial charge in [0.15, 0.2) is 0 Å². The number of hydrogen-bond acceptors (Lipinski definition) is 8. The summed E-state index contributed by atoms with van der Waals surface area (Å²) in [6, 6.07) is 2.08. The summed E-state index contributed by atoms with van der Waals surface area (Å²) in [5.74, 6) is 0.764. The molecule has 12 heteroatoms. The number of alkyl halides is 3. The molecule has 4 aliphatic rings. The molecule has 2 atom stereocenters. The number of piperazine rings is 1. The van der Waals surface area contributed by atoms with Crippen molar-refractivity contribution in [1.82, 2.24) is 30.4 Å². The second kappa shape index (κ2) is 10.6. The Morgan fingerprint density at radius 2 is 1.98 bits per heavy atom. The minimum absolute atomic E-state index is 0.109. The van der Waals surface area contributed by atoms with Crippen molar-refractivity contribution in [3.63, 3.8) is 0 Å². The largest absolute Gasteiger partial charge is 0.463 e. The number of benzene rings is 1. The lowest BCUT2D eigenvalue weighted by atomic mass is 9.90. The molecule has 2 saturated heterocycles. The number of ether oxygens (including phenoxy) is 2. The van der Waals surface area contributed by atoms with E-state index in [-0.39, 0.29) is 35.6 Å². The van der Waals surface area contributed by atoms with Crippen LogP contribution in [0.1, 0.15) is 66.7 Å². The van der Waals surface area contributed by atoms with Crippen molar-refractivity contribution in [1.29, 1.82) is 0 Å². The number of nitrogens with zero attached hydrogens (tertiary/aromatic N) is 5. The first kappa shape index (κ1) is 27.8. The van der Waals surface area contributed by atoms with E-state index in [0.717, 1.165) is 63.5 Å². The molecule has 3 fully saturated rings. The molecule has 226 valence electrons. The lowest BCUT2D eigenvalue weighted by Gasteiger charge is -2.36. The highest BCUT2D eigenvalue weighted by Crippen LogP contribution is 2.48. The van der Waals surface area contributed by atoms with Crippen LogP contribution in [-0.2, 0) is 23.9 Å². The Labute approximate surface area is 243 Å². The molecule has 2 unspecified atom stereocenters. The number of nitrogens with one attached hydrogen (secondary N) is 2. The predicted molar refractivity (Wildman–Crippen MR) is 152 cm³/mol. The van der Waals surface area contributed by atoms with Crippen molar-refractivity contribution < 1.29 is 22.6 Å². The van der Waals surface area contributed by atoms with Gasteiger partial charge in [0.05, 0.1) is 42.3 Å². The molecule has 3 aromatic rings. The number of aromatic amines is 1. The summed E-state index contributed by atoms with van der Waals surface area (Å²) >= 11 is 0. The number of rotatable bonds is 7. The maximum atomic E-state index is 14.4. The summed E-state index contributed by atoms with van der Waals surface area (Å²) in [6.45, 7) is 9.95. The molecule has 0 radical (unpaired) electrons. The molecule has 0 amide bonds. The molecule has 1 saturated carbocycles. The molecule has 1 aliphatic carbocycles. The summed E-state index contributed by atoms with van der Waals surface area (Å²) in [5, 5.41) is 10.8. The van der Waals surface area contributed by atoms with E-state index in [4.69, 9.17) is 19.4 Å². The fraction of sp³-hybridized carbons (Fsp3) is 0.633. The van der Waals surface area contributed by atoms with Crippen molar-refractivity contribution in [3.8, 4) is 6.01 Å². The lowest BCUT2D eigenvalue weighted by Crippen LogP contribution is -2.50. The second-order valence-corrected chi connectivity index (χ2v) is 12.6. The number of halogens is 3. The fourth-order valence-electron chi connectivity index (χ4n) is 6.99. The number of hydrogen-bond donors (Lipinski definition) is 2. The van der Waals surface area contributed by atoms with E-state index in [1.807, 2.05) is 0 Å². The van der Waals surface area contributed by atoms with Crippen LogP contribution in [0.3, 0.4) is 0 Å². The Kier molecular flexibility index (Phi) is 7.05. The van der Waals surface area contributed by atoms with E-state index < -0.39 is 17.8 Å². The van der Waals surface area contributed by atoms with Gasteiger partial charge in [0.1, 0.15) is 5.82 Å². The third kappa shape index (κ3) is 5.33. The SMILES string of the molecule is Cc1cc2[nH]ncc2c(C2Cc3nc(OCC4(CN5CCCC5)CC4)nc(N4CCNC(C)C4)c3CO2)c1C(F)(F)F. The first-order valence-corrected chi connectivity index (χ1v) is 15.1. The van der Waals surface area contributed by atoms with Crippen molar-refractivity contribution in [3.05, 3.63) is 40.2 Å². The normalized spacial score (nSPS) is 24.3. The Morgan fingerprint density at radius 3 is 2.71 bits per heavy atom. The van der Waals surface area contributed by atoms with Crippen LogP contribution in [-0.4, -0.2) is 77.0 Å². The van der Waals surface area contributed by atoms with Crippen LogP contribution in [0.5, 0.6) is 6.01 Å².